The minimum absolute atomic E-state index is 0.0142. The van der Waals surface area contributed by atoms with Crippen LogP contribution in [0.3, 0.4) is 0 Å². The molecule has 190 valence electrons. The van der Waals surface area contributed by atoms with Gasteiger partial charge >= 0.3 is 12.0 Å². The molecule has 0 aliphatic carbocycles. The number of amides is 3. The molecular formula is C27H31FN4O4. The van der Waals surface area contributed by atoms with Gasteiger partial charge in [0.15, 0.2) is 0 Å². The predicted molar refractivity (Wildman–Crippen MR) is 132 cm³/mol. The number of nitrogens with one attached hydrogen (secondary N) is 1. The first kappa shape index (κ1) is 25.4. The summed E-state index contributed by atoms with van der Waals surface area (Å²) in [6.45, 7) is 5.91. The normalized spacial score (nSPS) is 20.8. The number of benzene rings is 2. The van der Waals surface area contributed by atoms with Crippen molar-refractivity contribution >= 4 is 17.9 Å². The number of esters is 1. The second kappa shape index (κ2) is 10.9. The van der Waals surface area contributed by atoms with Crippen LogP contribution in [0.25, 0.3) is 0 Å². The zero-order chi connectivity index (χ0) is 25.8. The minimum atomic E-state index is -0.762. The van der Waals surface area contributed by atoms with E-state index < -0.39 is 17.8 Å². The first-order valence-corrected chi connectivity index (χ1v) is 12.1. The zero-order valence-corrected chi connectivity index (χ0v) is 20.7. The molecule has 0 radical (unpaired) electrons. The van der Waals surface area contributed by atoms with Crippen LogP contribution in [0, 0.1) is 5.82 Å². The Morgan fingerprint density at radius 1 is 1.08 bits per heavy atom. The molecule has 9 heteroatoms. The number of urea groups is 1. The van der Waals surface area contributed by atoms with Crippen molar-refractivity contribution in [1.82, 2.24) is 20.0 Å². The van der Waals surface area contributed by atoms with Gasteiger partial charge in [-0.1, -0.05) is 30.3 Å². The molecule has 1 fully saturated rings. The molecule has 2 unspecified atom stereocenters. The van der Waals surface area contributed by atoms with Gasteiger partial charge < -0.3 is 15.0 Å². The van der Waals surface area contributed by atoms with Crippen molar-refractivity contribution in [3.8, 4) is 0 Å². The molecule has 2 aromatic rings. The van der Waals surface area contributed by atoms with Crippen LogP contribution in [0.4, 0.5) is 9.18 Å². The summed E-state index contributed by atoms with van der Waals surface area (Å²) < 4.78 is 18.9. The lowest BCUT2D eigenvalue weighted by Crippen LogP contribution is -2.56. The summed E-state index contributed by atoms with van der Waals surface area (Å²) in [4.78, 5) is 44.4. The molecule has 0 spiro atoms. The highest BCUT2D eigenvalue weighted by atomic mass is 19.1. The average molecular weight is 495 g/mol. The van der Waals surface area contributed by atoms with Crippen LogP contribution in [0.1, 0.15) is 35.8 Å². The maximum atomic E-state index is 13.6. The summed E-state index contributed by atoms with van der Waals surface area (Å²) >= 11 is 0. The lowest BCUT2D eigenvalue weighted by atomic mass is 9.94. The molecule has 2 aliphatic heterocycles. The topological polar surface area (TPSA) is 82.2 Å². The average Bonchev–Trinajstić information content (AvgIpc) is 2.87. The molecular weight excluding hydrogens is 463 g/mol. The molecule has 4 rings (SSSR count). The molecule has 2 aliphatic rings. The van der Waals surface area contributed by atoms with E-state index >= 15 is 0 Å². The van der Waals surface area contributed by atoms with E-state index in [-0.39, 0.29) is 24.6 Å². The second-order valence-electron chi connectivity index (χ2n) is 9.02. The Kier molecular flexibility index (Phi) is 7.69. The number of likely N-dealkylation sites (N-methyl/N-ethyl adjacent to an activating group) is 1. The van der Waals surface area contributed by atoms with Gasteiger partial charge in [-0.3, -0.25) is 14.6 Å². The Morgan fingerprint density at radius 2 is 1.78 bits per heavy atom. The quantitative estimate of drug-likeness (QED) is 0.624. The molecule has 2 aromatic carbocycles. The fourth-order valence-electron chi connectivity index (χ4n) is 4.74. The van der Waals surface area contributed by atoms with Crippen LogP contribution in [-0.2, 0) is 9.53 Å². The van der Waals surface area contributed by atoms with Crippen molar-refractivity contribution in [2.75, 3.05) is 39.8 Å². The van der Waals surface area contributed by atoms with Gasteiger partial charge in [-0.2, -0.15) is 0 Å². The summed E-state index contributed by atoms with van der Waals surface area (Å²) in [6, 6.07) is 13.7. The van der Waals surface area contributed by atoms with Crippen LogP contribution in [0.2, 0.25) is 0 Å². The number of piperazine rings is 1. The minimum Gasteiger partial charge on any atom is -0.463 e. The Bertz CT molecular complexity index is 1150. The zero-order valence-electron chi connectivity index (χ0n) is 20.7. The van der Waals surface area contributed by atoms with Gasteiger partial charge in [-0.15, -0.1) is 0 Å². The molecule has 2 atom stereocenters. The van der Waals surface area contributed by atoms with Crippen LogP contribution in [0.15, 0.2) is 65.9 Å². The third kappa shape index (κ3) is 5.26. The lowest BCUT2D eigenvalue weighted by Gasteiger charge is -2.42. The summed E-state index contributed by atoms with van der Waals surface area (Å²) in [5.41, 5.74) is 2.09. The van der Waals surface area contributed by atoms with E-state index in [0.717, 1.165) is 0 Å². The van der Waals surface area contributed by atoms with Gasteiger partial charge in [0.2, 0.25) is 0 Å². The highest BCUT2D eigenvalue weighted by Gasteiger charge is 2.38. The van der Waals surface area contributed by atoms with Crippen molar-refractivity contribution in [2.45, 2.75) is 25.9 Å². The van der Waals surface area contributed by atoms with E-state index in [9.17, 15) is 18.8 Å². The highest BCUT2D eigenvalue weighted by molar-refractivity contribution is 5.95. The van der Waals surface area contributed by atoms with E-state index in [1.165, 1.54) is 17.0 Å². The van der Waals surface area contributed by atoms with Gasteiger partial charge in [0, 0.05) is 50.5 Å². The number of hydrogen-bond donors (Lipinski definition) is 1. The Balaban J connectivity index is 1.60. The predicted octanol–water partition coefficient (Wildman–Crippen LogP) is 3.19. The molecule has 8 nitrogen and oxygen atoms in total. The third-order valence-electron chi connectivity index (χ3n) is 6.64. The van der Waals surface area contributed by atoms with Gasteiger partial charge in [0.05, 0.1) is 18.2 Å². The van der Waals surface area contributed by atoms with Crippen LogP contribution in [-0.4, -0.2) is 78.5 Å². The van der Waals surface area contributed by atoms with E-state index in [4.69, 9.17) is 4.74 Å². The number of rotatable bonds is 6. The molecule has 0 saturated carbocycles. The van der Waals surface area contributed by atoms with E-state index in [1.807, 2.05) is 42.2 Å². The highest BCUT2D eigenvalue weighted by Crippen LogP contribution is 2.32. The summed E-state index contributed by atoms with van der Waals surface area (Å²) in [5, 5.41) is 2.84. The molecule has 0 bridgehead atoms. The molecule has 1 saturated heterocycles. The largest absolute Gasteiger partial charge is 0.463 e. The van der Waals surface area contributed by atoms with Gasteiger partial charge in [-0.25, -0.2) is 14.0 Å². The fraction of sp³-hybridized carbons (Fsp3) is 0.370. The number of ether oxygens (including phenoxy) is 1. The molecule has 0 aromatic heterocycles. The fourth-order valence-corrected chi connectivity index (χ4v) is 4.74. The van der Waals surface area contributed by atoms with Crippen LogP contribution in [0.5, 0.6) is 0 Å². The molecule has 1 N–H and O–H groups in total. The van der Waals surface area contributed by atoms with Crippen molar-refractivity contribution in [2.24, 2.45) is 0 Å². The maximum Gasteiger partial charge on any atom is 0.338 e. The van der Waals surface area contributed by atoms with Crippen LogP contribution >= 0.6 is 0 Å². The van der Waals surface area contributed by atoms with Crippen molar-refractivity contribution in [1.29, 1.82) is 0 Å². The number of carbonyl (C=O) groups excluding carboxylic acids is 3. The molecule has 36 heavy (non-hydrogen) atoms. The standard InChI is InChI=1S/C27H31FN4O4/c1-4-36-26(34)23-22(30(3)27(35)29-24(23)19-10-12-21(28)13-11-19)17-31-14-15-32(18(2)16-31)25(33)20-8-6-5-7-9-20/h5-13,18,24H,4,14-17H2,1-3H3,(H,29,35). The Labute approximate surface area is 210 Å². The first-order valence-electron chi connectivity index (χ1n) is 12.1. The maximum absolute atomic E-state index is 13.6. The summed E-state index contributed by atoms with van der Waals surface area (Å²) in [5.74, 6) is -0.948. The number of carbonyl (C=O) groups is 3. The monoisotopic (exact) mass is 494 g/mol. The van der Waals surface area contributed by atoms with E-state index in [1.54, 1.807) is 26.1 Å². The first-order chi connectivity index (χ1) is 17.3. The van der Waals surface area contributed by atoms with Gasteiger partial charge in [0.1, 0.15) is 5.82 Å². The SMILES string of the molecule is CCOC(=O)C1=C(CN2CCN(C(=O)c3ccccc3)C(C)C2)N(C)C(=O)NC1c1ccc(F)cc1. The Morgan fingerprint density at radius 3 is 2.42 bits per heavy atom. The third-order valence-corrected chi connectivity index (χ3v) is 6.64. The number of halogens is 1. The van der Waals surface area contributed by atoms with Gasteiger partial charge in [0.25, 0.3) is 5.91 Å². The van der Waals surface area contributed by atoms with Crippen molar-refractivity contribution in [3.05, 3.63) is 82.8 Å². The van der Waals surface area contributed by atoms with Crippen LogP contribution < -0.4 is 5.32 Å². The molecule has 2 heterocycles. The summed E-state index contributed by atoms with van der Waals surface area (Å²) in [7, 11) is 1.61. The van der Waals surface area contributed by atoms with Gasteiger partial charge in [-0.05, 0) is 43.7 Å². The van der Waals surface area contributed by atoms with Crippen molar-refractivity contribution in [3.63, 3.8) is 0 Å². The van der Waals surface area contributed by atoms with E-state index in [0.29, 0.717) is 48.6 Å². The summed E-state index contributed by atoms with van der Waals surface area (Å²) in [6.07, 6.45) is 0. The van der Waals surface area contributed by atoms with E-state index in [2.05, 4.69) is 10.2 Å². The number of nitrogens with zero attached hydrogens (tertiary/aromatic N) is 3. The smallest absolute Gasteiger partial charge is 0.338 e. The molecule has 3 amide bonds. The second-order valence-corrected chi connectivity index (χ2v) is 9.02. The van der Waals surface area contributed by atoms with Crippen molar-refractivity contribution < 1.29 is 23.5 Å². The lowest BCUT2D eigenvalue weighted by molar-refractivity contribution is -0.139. The Hall–Kier alpha value is -3.72. The number of hydrogen-bond acceptors (Lipinski definition) is 5.